The van der Waals surface area contributed by atoms with Gasteiger partial charge in [0, 0.05) is 20.1 Å². The zero-order chi connectivity index (χ0) is 11.5. The molecule has 1 unspecified atom stereocenters. The summed E-state index contributed by atoms with van der Waals surface area (Å²) in [5, 5.41) is 15.0. The average Bonchev–Trinajstić information content (AvgIpc) is 2.18. The Morgan fingerprint density at radius 3 is 2.80 bits per heavy atom. The maximum Gasteiger partial charge on any atom is 0.220 e. The molecule has 5 nitrogen and oxygen atoms in total. The molecule has 3 N–H and O–H groups in total. The third-order valence-electron chi connectivity index (χ3n) is 1.99. The summed E-state index contributed by atoms with van der Waals surface area (Å²) in [5.41, 5.74) is 0. The quantitative estimate of drug-likeness (QED) is 0.456. The van der Waals surface area contributed by atoms with Crippen molar-refractivity contribution in [3.05, 3.63) is 0 Å². The normalized spacial score (nSPS) is 12.5. The maximum absolute atomic E-state index is 11.2. The van der Waals surface area contributed by atoms with Crippen molar-refractivity contribution < 1.29 is 14.6 Å². The van der Waals surface area contributed by atoms with Crippen LogP contribution in [-0.2, 0) is 9.53 Å². The first-order valence-electron chi connectivity index (χ1n) is 5.29. The van der Waals surface area contributed by atoms with Crippen molar-refractivity contribution in [2.24, 2.45) is 0 Å². The van der Waals surface area contributed by atoms with Gasteiger partial charge in [-0.2, -0.15) is 0 Å². The van der Waals surface area contributed by atoms with Gasteiger partial charge in [-0.15, -0.1) is 0 Å². The molecule has 0 aromatic heterocycles. The standard InChI is InChI=1S/C10H22N2O3/c1-11-6-3-4-10(14)12-7-5-9(13)8-15-2/h9,11,13H,3-8H2,1-2H3,(H,12,14). The summed E-state index contributed by atoms with van der Waals surface area (Å²) in [6, 6.07) is 0. The number of aliphatic hydroxyl groups is 1. The summed E-state index contributed by atoms with van der Waals surface area (Å²) in [6.45, 7) is 1.66. The number of nitrogens with one attached hydrogen (secondary N) is 2. The largest absolute Gasteiger partial charge is 0.391 e. The fraction of sp³-hybridized carbons (Fsp3) is 0.900. The summed E-state index contributed by atoms with van der Waals surface area (Å²) < 4.78 is 4.77. The predicted octanol–water partition coefficient (Wildman–Crippen LogP) is -0.500. The Labute approximate surface area is 91.2 Å². The summed E-state index contributed by atoms with van der Waals surface area (Å²) in [7, 11) is 3.40. The molecular weight excluding hydrogens is 196 g/mol. The SMILES string of the molecule is CNCCCC(=O)NCCC(O)COC. The van der Waals surface area contributed by atoms with Gasteiger partial charge in [-0.05, 0) is 26.4 Å². The second-order valence-electron chi connectivity index (χ2n) is 3.45. The predicted molar refractivity (Wildman–Crippen MR) is 58.7 cm³/mol. The molecule has 0 saturated carbocycles. The van der Waals surface area contributed by atoms with Gasteiger partial charge >= 0.3 is 0 Å². The molecule has 0 aliphatic carbocycles. The van der Waals surface area contributed by atoms with Gasteiger partial charge in [0.05, 0.1) is 12.7 Å². The van der Waals surface area contributed by atoms with Crippen molar-refractivity contribution in [3.63, 3.8) is 0 Å². The molecule has 0 aliphatic rings. The fourth-order valence-electron chi connectivity index (χ4n) is 1.17. The van der Waals surface area contributed by atoms with E-state index in [0.717, 1.165) is 13.0 Å². The molecule has 0 saturated heterocycles. The van der Waals surface area contributed by atoms with Gasteiger partial charge in [0.25, 0.3) is 0 Å². The van der Waals surface area contributed by atoms with Crippen LogP contribution in [0, 0.1) is 0 Å². The summed E-state index contributed by atoms with van der Waals surface area (Å²) in [6.07, 6.45) is 1.41. The number of amides is 1. The van der Waals surface area contributed by atoms with E-state index in [0.29, 0.717) is 26.0 Å². The highest BCUT2D eigenvalue weighted by Crippen LogP contribution is 1.91. The van der Waals surface area contributed by atoms with E-state index in [1.807, 2.05) is 7.05 Å². The van der Waals surface area contributed by atoms with E-state index in [4.69, 9.17) is 4.74 Å². The molecule has 15 heavy (non-hydrogen) atoms. The zero-order valence-electron chi connectivity index (χ0n) is 9.58. The summed E-state index contributed by atoms with van der Waals surface area (Å²) in [5.74, 6) is 0.0369. The summed E-state index contributed by atoms with van der Waals surface area (Å²) >= 11 is 0. The van der Waals surface area contributed by atoms with E-state index in [1.54, 1.807) is 7.11 Å². The molecule has 0 aromatic rings. The Hall–Kier alpha value is -0.650. The van der Waals surface area contributed by atoms with E-state index in [1.165, 1.54) is 0 Å². The maximum atomic E-state index is 11.2. The second-order valence-corrected chi connectivity index (χ2v) is 3.45. The van der Waals surface area contributed by atoms with Crippen LogP contribution in [0.2, 0.25) is 0 Å². The van der Waals surface area contributed by atoms with Crippen LogP contribution in [0.15, 0.2) is 0 Å². The molecular formula is C10H22N2O3. The van der Waals surface area contributed by atoms with Crippen LogP contribution in [0.5, 0.6) is 0 Å². The molecule has 0 rings (SSSR count). The van der Waals surface area contributed by atoms with E-state index < -0.39 is 6.10 Å². The highest BCUT2D eigenvalue weighted by atomic mass is 16.5. The molecule has 0 aliphatic heterocycles. The number of hydrogen-bond donors (Lipinski definition) is 3. The van der Waals surface area contributed by atoms with Crippen molar-refractivity contribution in [1.29, 1.82) is 0 Å². The van der Waals surface area contributed by atoms with Gasteiger partial charge in [-0.25, -0.2) is 0 Å². The molecule has 0 fully saturated rings. The topological polar surface area (TPSA) is 70.6 Å². The molecule has 0 heterocycles. The van der Waals surface area contributed by atoms with Gasteiger partial charge in [-0.3, -0.25) is 4.79 Å². The lowest BCUT2D eigenvalue weighted by molar-refractivity contribution is -0.121. The molecule has 1 amide bonds. The van der Waals surface area contributed by atoms with E-state index >= 15 is 0 Å². The Bertz CT molecular complexity index is 165. The van der Waals surface area contributed by atoms with Gasteiger partial charge < -0.3 is 20.5 Å². The molecule has 90 valence electrons. The highest BCUT2D eigenvalue weighted by Gasteiger charge is 2.04. The fourth-order valence-corrected chi connectivity index (χ4v) is 1.17. The highest BCUT2D eigenvalue weighted by molar-refractivity contribution is 5.75. The molecule has 5 heteroatoms. The van der Waals surface area contributed by atoms with Crippen LogP contribution >= 0.6 is 0 Å². The number of hydrogen-bond acceptors (Lipinski definition) is 4. The molecule has 0 spiro atoms. The first-order valence-corrected chi connectivity index (χ1v) is 5.29. The van der Waals surface area contributed by atoms with Crippen LogP contribution in [0.1, 0.15) is 19.3 Å². The third kappa shape index (κ3) is 9.65. The number of rotatable bonds is 9. The molecule has 0 aromatic carbocycles. The lowest BCUT2D eigenvalue weighted by Gasteiger charge is -2.09. The van der Waals surface area contributed by atoms with Gasteiger partial charge in [-0.1, -0.05) is 0 Å². The van der Waals surface area contributed by atoms with Crippen molar-refractivity contribution in [2.45, 2.75) is 25.4 Å². The van der Waals surface area contributed by atoms with Gasteiger partial charge in [0.2, 0.25) is 5.91 Å². The molecule has 0 radical (unpaired) electrons. The van der Waals surface area contributed by atoms with Crippen molar-refractivity contribution in [1.82, 2.24) is 10.6 Å². The zero-order valence-corrected chi connectivity index (χ0v) is 9.58. The summed E-state index contributed by atoms with van der Waals surface area (Å²) in [4.78, 5) is 11.2. The van der Waals surface area contributed by atoms with Crippen LogP contribution < -0.4 is 10.6 Å². The van der Waals surface area contributed by atoms with Crippen LogP contribution in [0.3, 0.4) is 0 Å². The average molecular weight is 218 g/mol. The lowest BCUT2D eigenvalue weighted by Crippen LogP contribution is -2.28. The van der Waals surface area contributed by atoms with E-state index in [9.17, 15) is 9.90 Å². The van der Waals surface area contributed by atoms with Gasteiger partial charge in [0.15, 0.2) is 0 Å². The minimum atomic E-state index is -0.493. The minimum absolute atomic E-state index is 0.0369. The first-order chi connectivity index (χ1) is 7.20. The Kier molecular flexibility index (Phi) is 9.46. The van der Waals surface area contributed by atoms with E-state index in [2.05, 4.69) is 10.6 Å². The van der Waals surface area contributed by atoms with Gasteiger partial charge in [0.1, 0.15) is 0 Å². The van der Waals surface area contributed by atoms with Crippen LogP contribution in [0.4, 0.5) is 0 Å². The molecule has 0 bridgehead atoms. The van der Waals surface area contributed by atoms with Crippen LogP contribution in [-0.4, -0.2) is 51.0 Å². The Morgan fingerprint density at radius 2 is 2.20 bits per heavy atom. The van der Waals surface area contributed by atoms with E-state index in [-0.39, 0.29) is 5.91 Å². The van der Waals surface area contributed by atoms with Crippen molar-refractivity contribution in [2.75, 3.05) is 33.9 Å². The monoisotopic (exact) mass is 218 g/mol. The molecule has 1 atom stereocenters. The second kappa shape index (κ2) is 9.89. The van der Waals surface area contributed by atoms with Crippen LogP contribution in [0.25, 0.3) is 0 Å². The Morgan fingerprint density at radius 1 is 1.47 bits per heavy atom. The Balaban J connectivity index is 3.30. The number of methoxy groups -OCH3 is 1. The number of carbonyl (C=O) groups excluding carboxylic acids is 1. The number of ether oxygens (including phenoxy) is 1. The number of aliphatic hydroxyl groups excluding tert-OH is 1. The van der Waals surface area contributed by atoms with Crippen molar-refractivity contribution >= 4 is 5.91 Å². The lowest BCUT2D eigenvalue weighted by atomic mass is 10.2. The third-order valence-corrected chi connectivity index (χ3v) is 1.99. The smallest absolute Gasteiger partial charge is 0.220 e. The van der Waals surface area contributed by atoms with Crippen molar-refractivity contribution in [3.8, 4) is 0 Å². The first kappa shape index (κ1) is 14.3. The number of carbonyl (C=O) groups is 1. The minimum Gasteiger partial charge on any atom is -0.391 e.